The van der Waals surface area contributed by atoms with Crippen LogP contribution in [-0.2, 0) is 0 Å². The Morgan fingerprint density at radius 3 is 1.75 bits per heavy atom. The normalized spacial score (nSPS) is 11.6. The molecule has 0 atom stereocenters. The Bertz CT molecular complexity index is 3180. The second kappa shape index (κ2) is 12.6. The van der Waals surface area contributed by atoms with Crippen molar-refractivity contribution in [3.63, 3.8) is 0 Å². The molecule has 0 aliphatic rings. The molecule has 11 aromatic rings. The topological polar surface area (TPSA) is 21.3 Å². The van der Waals surface area contributed by atoms with E-state index in [2.05, 4.69) is 210 Å². The molecule has 2 aromatic heterocycles. The lowest BCUT2D eigenvalue weighted by Crippen LogP contribution is -2.10. The molecule has 0 unspecified atom stereocenters. The number of hydrogen-bond donors (Lipinski definition) is 0. The number of furan rings is 1. The van der Waals surface area contributed by atoms with Crippen molar-refractivity contribution >= 4 is 71.6 Å². The van der Waals surface area contributed by atoms with Gasteiger partial charge in [-0.1, -0.05) is 140 Å². The number of rotatable bonds is 6. The minimum absolute atomic E-state index is 0.902. The molecule has 0 aliphatic carbocycles. The number of nitrogens with zero attached hydrogens (tertiary/aromatic N) is 2. The number of fused-ring (bicyclic) bond motifs is 8. The first-order valence-electron chi connectivity index (χ1n) is 18.8. The molecule has 9 aromatic carbocycles. The van der Waals surface area contributed by atoms with Crippen molar-refractivity contribution < 1.29 is 4.42 Å². The molecule has 2 heterocycles. The smallest absolute Gasteiger partial charge is 0.143 e. The van der Waals surface area contributed by atoms with Gasteiger partial charge in [-0.25, -0.2) is 0 Å². The van der Waals surface area contributed by atoms with Gasteiger partial charge < -0.3 is 13.9 Å². The van der Waals surface area contributed by atoms with Gasteiger partial charge in [-0.05, 0) is 94.4 Å². The van der Waals surface area contributed by atoms with Gasteiger partial charge in [0.1, 0.15) is 11.2 Å². The van der Waals surface area contributed by atoms with E-state index in [-0.39, 0.29) is 0 Å². The standard InChI is InChI=1S/C52H34N2O/c1-3-14-35(15-4-1)36-26-30-40(31-27-36)53(47-23-13-24-48-51(47)43-20-9-11-22-46(43)54(48)39-17-5-2-6-18-39)41-32-28-37(29-33-41)45-34-38-16-7-8-19-42(38)52-50(45)44-21-10-12-25-49(44)55-52/h1-34H. The third kappa shape index (κ3) is 5.05. The van der Waals surface area contributed by atoms with Crippen LogP contribution >= 0.6 is 0 Å². The molecule has 3 heteroatoms. The van der Waals surface area contributed by atoms with E-state index in [0.717, 1.165) is 72.1 Å². The highest BCUT2D eigenvalue weighted by Crippen LogP contribution is 2.46. The summed E-state index contributed by atoms with van der Waals surface area (Å²) in [7, 11) is 0. The first-order chi connectivity index (χ1) is 27.3. The van der Waals surface area contributed by atoms with Crippen molar-refractivity contribution in [2.45, 2.75) is 0 Å². The predicted octanol–water partition coefficient (Wildman–Crippen LogP) is 14.6. The second-order valence-corrected chi connectivity index (χ2v) is 14.1. The van der Waals surface area contributed by atoms with Gasteiger partial charge in [-0.2, -0.15) is 0 Å². The highest BCUT2D eigenvalue weighted by Gasteiger charge is 2.22. The third-order valence-corrected chi connectivity index (χ3v) is 11.0. The second-order valence-electron chi connectivity index (χ2n) is 14.1. The Morgan fingerprint density at radius 1 is 0.400 bits per heavy atom. The molecule has 0 fully saturated rings. The Morgan fingerprint density at radius 2 is 0.982 bits per heavy atom. The lowest BCUT2D eigenvalue weighted by atomic mass is 9.95. The molecular formula is C52H34N2O. The van der Waals surface area contributed by atoms with Crippen LogP contribution < -0.4 is 4.90 Å². The fourth-order valence-corrected chi connectivity index (χ4v) is 8.48. The van der Waals surface area contributed by atoms with E-state index in [1.807, 2.05) is 6.07 Å². The summed E-state index contributed by atoms with van der Waals surface area (Å²) < 4.78 is 8.93. The van der Waals surface area contributed by atoms with E-state index < -0.39 is 0 Å². The fraction of sp³-hybridized carbons (Fsp3) is 0. The van der Waals surface area contributed by atoms with Crippen LogP contribution in [0.25, 0.3) is 82.5 Å². The molecule has 0 saturated carbocycles. The van der Waals surface area contributed by atoms with Crippen LogP contribution in [0.1, 0.15) is 0 Å². The Balaban J connectivity index is 1.13. The zero-order valence-corrected chi connectivity index (χ0v) is 29.9. The van der Waals surface area contributed by atoms with Crippen LogP contribution in [0.15, 0.2) is 211 Å². The zero-order valence-electron chi connectivity index (χ0n) is 29.9. The highest BCUT2D eigenvalue weighted by atomic mass is 16.3. The molecule has 0 amide bonds. The van der Waals surface area contributed by atoms with Gasteiger partial charge in [0.2, 0.25) is 0 Å². The third-order valence-electron chi connectivity index (χ3n) is 11.0. The summed E-state index contributed by atoms with van der Waals surface area (Å²) in [6.07, 6.45) is 0. The zero-order chi connectivity index (χ0) is 36.3. The van der Waals surface area contributed by atoms with Gasteiger partial charge in [0.15, 0.2) is 0 Å². The molecule has 258 valence electrons. The van der Waals surface area contributed by atoms with Crippen molar-refractivity contribution in [2.24, 2.45) is 0 Å². The first kappa shape index (κ1) is 31.2. The van der Waals surface area contributed by atoms with E-state index in [1.165, 1.54) is 27.4 Å². The first-order valence-corrected chi connectivity index (χ1v) is 18.8. The predicted molar refractivity (Wildman–Crippen MR) is 231 cm³/mol. The maximum absolute atomic E-state index is 6.55. The minimum Gasteiger partial charge on any atom is -0.455 e. The maximum atomic E-state index is 6.55. The number of benzene rings is 9. The van der Waals surface area contributed by atoms with Crippen LogP contribution in [0, 0.1) is 0 Å². The van der Waals surface area contributed by atoms with Crippen LogP contribution in [0.5, 0.6) is 0 Å². The summed E-state index contributed by atoms with van der Waals surface area (Å²) in [6, 6.07) is 73.9. The Kier molecular flexibility index (Phi) is 7.17. The van der Waals surface area contributed by atoms with Crippen molar-refractivity contribution in [1.29, 1.82) is 0 Å². The molecule has 55 heavy (non-hydrogen) atoms. The fourth-order valence-electron chi connectivity index (χ4n) is 8.48. The summed E-state index contributed by atoms with van der Waals surface area (Å²) in [6.45, 7) is 0. The summed E-state index contributed by atoms with van der Waals surface area (Å²) in [5.74, 6) is 0. The monoisotopic (exact) mass is 702 g/mol. The number of anilines is 3. The van der Waals surface area contributed by atoms with Crippen molar-refractivity contribution in [3.8, 4) is 27.9 Å². The van der Waals surface area contributed by atoms with Gasteiger partial charge >= 0.3 is 0 Å². The molecular weight excluding hydrogens is 669 g/mol. The van der Waals surface area contributed by atoms with E-state index in [1.54, 1.807) is 0 Å². The summed E-state index contributed by atoms with van der Waals surface area (Å²) in [4.78, 5) is 2.41. The largest absolute Gasteiger partial charge is 0.455 e. The van der Waals surface area contributed by atoms with E-state index in [0.29, 0.717) is 0 Å². The molecule has 3 nitrogen and oxygen atoms in total. The highest BCUT2D eigenvalue weighted by molar-refractivity contribution is 6.21. The Labute approximate surface area is 318 Å². The number of para-hydroxylation sites is 3. The van der Waals surface area contributed by atoms with E-state index >= 15 is 0 Å². The van der Waals surface area contributed by atoms with E-state index in [9.17, 15) is 0 Å². The molecule has 0 saturated heterocycles. The lowest BCUT2D eigenvalue weighted by molar-refractivity contribution is 0.673. The summed E-state index contributed by atoms with van der Waals surface area (Å²) in [5, 5.41) is 6.98. The lowest BCUT2D eigenvalue weighted by Gasteiger charge is -2.27. The molecule has 0 bridgehead atoms. The van der Waals surface area contributed by atoms with Gasteiger partial charge in [0, 0.05) is 44.0 Å². The molecule has 0 radical (unpaired) electrons. The SMILES string of the molecule is c1ccc(-c2ccc(N(c3ccc(-c4cc5ccccc5c5oc6ccccc6c45)cc3)c3cccc4c3c3ccccc3n4-c3ccccc3)cc2)cc1. The van der Waals surface area contributed by atoms with Crippen molar-refractivity contribution in [1.82, 2.24) is 4.57 Å². The van der Waals surface area contributed by atoms with Gasteiger partial charge in [-0.3, -0.25) is 0 Å². The number of hydrogen-bond acceptors (Lipinski definition) is 2. The summed E-state index contributed by atoms with van der Waals surface area (Å²) >= 11 is 0. The van der Waals surface area contributed by atoms with E-state index in [4.69, 9.17) is 4.42 Å². The Hall–Kier alpha value is -7.36. The maximum Gasteiger partial charge on any atom is 0.143 e. The minimum atomic E-state index is 0.902. The van der Waals surface area contributed by atoms with Gasteiger partial charge in [-0.15, -0.1) is 0 Å². The molecule has 0 spiro atoms. The quantitative estimate of drug-likeness (QED) is 0.172. The van der Waals surface area contributed by atoms with Crippen molar-refractivity contribution in [2.75, 3.05) is 4.90 Å². The van der Waals surface area contributed by atoms with Crippen LogP contribution in [0.2, 0.25) is 0 Å². The molecule has 0 aliphatic heterocycles. The molecule has 11 rings (SSSR count). The average Bonchev–Trinajstić information content (AvgIpc) is 3.82. The van der Waals surface area contributed by atoms with Crippen molar-refractivity contribution in [3.05, 3.63) is 206 Å². The molecule has 0 N–H and O–H groups in total. The van der Waals surface area contributed by atoms with Gasteiger partial charge in [0.05, 0.1) is 16.7 Å². The van der Waals surface area contributed by atoms with Crippen LogP contribution in [0.4, 0.5) is 17.1 Å². The average molecular weight is 703 g/mol. The van der Waals surface area contributed by atoms with Crippen LogP contribution in [-0.4, -0.2) is 4.57 Å². The van der Waals surface area contributed by atoms with Gasteiger partial charge in [0.25, 0.3) is 0 Å². The van der Waals surface area contributed by atoms with Crippen LogP contribution in [0.3, 0.4) is 0 Å². The number of aromatic nitrogens is 1. The summed E-state index contributed by atoms with van der Waals surface area (Å²) in [5.41, 5.74) is 13.3.